The number of rotatable bonds is 3. The number of aromatic nitrogens is 2. The first-order valence-electron chi connectivity index (χ1n) is 8.83. The van der Waals surface area contributed by atoms with Gasteiger partial charge in [-0.2, -0.15) is 0 Å². The lowest BCUT2D eigenvalue weighted by Gasteiger charge is -2.15. The molecule has 0 unspecified atom stereocenters. The van der Waals surface area contributed by atoms with E-state index in [4.69, 9.17) is 4.74 Å². The quantitative estimate of drug-likeness (QED) is 0.681. The average molecular weight is 356 g/mol. The summed E-state index contributed by atoms with van der Waals surface area (Å²) in [4.78, 5) is 17.6. The van der Waals surface area contributed by atoms with E-state index in [1.807, 2.05) is 45.9 Å². The molecule has 0 saturated carbocycles. The SMILES string of the molecule is CC.CCc1nc2cc(F)c(C)cc2c(=O)n1-c1ccc(OC)cc1C. The van der Waals surface area contributed by atoms with Crippen LogP contribution in [-0.2, 0) is 6.42 Å². The molecular weight excluding hydrogens is 331 g/mol. The van der Waals surface area contributed by atoms with Gasteiger partial charge in [0.25, 0.3) is 5.56 Å². The van der Waals surface area contributed by atoms with E-state index in [0.717, 1.165) is 17.0 Å². The lowest BCUT2D eigenvalue weighted by atomic mass is 10.1. The molecule has 0 radical (unpaired) electrons. The van der Waals surface area contributed by atoms with E-state index in [9.17, 15) is 9.18 Å². The largest absolute Gasteiger partial charge is 0.497 e. The van der Waals surface area contributed by atoms with E-state index in [0.29, 0.717) is 28.7 Å². The highest BCUT2D eigenvalue weighted by Crippen LogP contribution is 2.22. The van der Waals surface area contributed by atoms with Crippen molar-refractivity contribution in [3.05, 3.63) is 63.5 Å². The van der Waals surface area contributed by atoms with Crippen molar-refractivity contribution in [3.8, 4) is 11.4 Å². The summed E-state index contributed by atoms with van der Waals surface area (Å²) in [6, 6.07) is 8.43. The Morgan fingerprint density at radius 2 is 1.81 bits per heavy atom. The van der Waals surface area contributed by atoms with Gasteiger partial charge in [0.05, 0.1) is 23.7 Å². The Morgan fingerprint density at radius 1 is 1.12 bits per heavy atom. The van der Waals surface area contributed by atoms with Crippen LogP contribution in [0.3, 0.4) is 0 Å². The molecule has 0 N–H and O–H groups in total. The Labute approximate surface area is 153 Å². The third-order valence-electron chi connectivity index (χ3n) is 4.18. The smallest absolute Gasteiger partial charge is 0.265 e. The predicted octanol–water partition coefficient (Wildman–Crippen LogP) is 4.74. The van der Waals surface area contributed by atoms with Gasteiger partial charge in [0, 0.05) is 12.5 Å². The fourth-order valence-corrected chi connectivity index (χ4v) is 2.85. The molecular formula is C21H25FN2O2. The second-order valence-corrected chi connectivity index (χ2v) is 5.79. The Balaban J connectivity index is 0.00000117. The zero-order valence-electron chi connectivity index (χ0n) is 16.2. The molecule has 4 nitrogen and oxygen atoms in total. The Hall–Kier alpha value is -2.69. The molecule has 3 aromatic rings. The second-order valence-electron chi connectivity index (χ2n) is 5.79. The molecule has 0 aliphatic carbocycles. The standard InChI is InChI=1S/C19H19FN2O2.C2H6/c1-5-18-21-16-10-15(20)11(2)9-14(16)19(23)22(18)17-7-6-13(24-4)8-12(17)3;1-2/h6-10H,5H2,1-4H3;1-2H3. The highest BCUT2D eigenvalue weighted by atomic mass is 19.1. The number of halogens is 1. The molecule has 0 amide bonds. The molecule has 0 aliphatic heterocycles. The molecule has 1 aromatic heterocycles. The van der Waals surface area contributed by atoms with E-state index in [2.05, 4.69) is 4.98 Å². The number of hydrogen-bond donors (Lipinski definition) is 0. The first-order valence-corrected chi connectivity index (χ1v) is 8.83. The lowest BCUT2D eigenvalue weighted by molar-refractivity contribution is 0.414. The van der Waals surface area contributed by atoms with Gasteiger partial charge < -0.3 is 4.74 Å². The molecule has 138 valence electrons. The Morgan fingerprint density at radius 3 is 2.38 bits per heavy atom. The summed E-state index contributed by atoms with van der Waals surface area (Å²) < 4.78 is 20.7. The minimum absolute atomic E-state index is 0.187. The van der Waals surface area contributed by atoms with Crippen LogP contribution >= 0.6 is 0 Å². The van der Waals surface area contributed by atoms with Crippen molar-refractivity contribution in [1.82, 2.24) is 9.55 Å². The topological polar surface area (TPSA) is 44.1 Å². The van der Waals surface area contributed by atoms with Gasteiger partial charge in [0.1, 0.15) is 17.4 Å². The molecule has 2 aromatic carbocycles. The first-order chi connectivity index (χ1) is 12.5. The Bertz CT molecular complexity index is 993. The first kappa shape index (κ1) is 19.6. The summed E-state index contributed by atoms with van der Waals surface area (Å²) >= 11 is 0. The van der Waals surface area contributed by atoms with E-state index in [1.165, 1.54) is 6.07 Å². The van der Waals surface area contributed by atoms with E-state index in [1.54, 1.807) is 24.7 Å². The monoisotopic (exact) mass is 356 g/mol. The summed E-state index contributed by atoms with van der Waals surface area (Å²) in [5.41, 5.74) is 2.30. The van der Waals surface area contributed by atoms with E-state index >= 15 is 0 Å². The average Bonchev–Trinajstić information content (AvgIpc) is 2.65. The highest BCUT2D eigenvalue weighted by molar-refractivity contribution is 5.79. The number of benzene rings is 2. The predicted molar refractivity (Wildman–Crippen MR) is 104 cm³/mol. The van der Waals surface area contributed by atoms with Gasteiger partial charge in [-0.25, -0.2) is 9.37 Å². The van der Waals surface area contributed by atoms with E-state index < -0.39 is 0 Å². The van der Waals surface area contributed by atoms with E-state index in [-0.39, 0.29) is 11.4 Å². The number of hydrogen-bond acceptors (Lipinski definition) is 3. The maximum Gasteiger partial charge on any atom is 0.265 e. The van der Waals surface area contributed by atoms with Crippen molar-refractivity contribution in [2.45, 2.75) is 41.0 Å². The summed E-state index contributed by atoms with van der Waals surface area (Å²) in [6.07, 6.45) is 0.562. The molecule has 0 aliphatic rings. The van der Waals surface area contributed by atoms with Crippen LogP contribution in [0.1, 0.15) is 37.7 Å². The minimum atomic E-state index is -0.352. The zero-order chi connectivity index (χ0) is 19.4. The van der Waals surface area contributed by atoms with Gasteiger partial charge in [-0.3, -0.25) is 9.36 Å². The molecule has 0 bridgehead atoms. The highest BCUT2D eigenvalue weighted by Gasteiger charge is 2.15. The maximum atomic E-state index is 13.8. The normalized spacial score (nSPS) is 10.4. The maximum absolute atomic E-state index is 13.8. The molecule has 26 heavy (non-hydrogen) atoms. The molecule has 3 rings (SSSR count). The van der Waals surface area contributed by atoms with Crippen molar-refractivity contribution < 1.29 is 9.13 Å². The fourth-order valence-electron chi connectivity index (χ4n) is 2.85. The van der Waals surface area contributed by atoms with Gasteiger partial charge >= 0.3 is 0 Å². The van der Waals surface area contributed by atoms with Crippen LogP contribution in [0.5, 0.6) is 5.75 Å². The third kappa shape index (κ3) is 3.47. The summed E-state index contributed by atoms with van der Waals surface area (Å²) in [5.74, 6) is 0.980. The van der Waals surface area contributed by atoms with Gasteiger partial charge in [-0.05, 0) is 49.2 Å². The van der Waals surface area contributed by atoms with Crippen LogP contribution in [0.25, 0.3) is 16.6 Å². The lowest BCUT2D eigenvalue weighted by Crippen LogP contribution is -2.24. The number of aryl methyl sites for hydroxylation is 3. The van der Waals surface area contributed by atoms with Crippen LogP contribution in [0, 0.1) is 19.7 Å². The van der Waals surface area contributed by atoms with Gasteiger partial charge in [-0.15, -0.1) is 0 Å². The molecule has 0 atom stereocenters. The van der Waals surface area contributed by atoms with Crippen molar-refractivity contribution in [3.63, 3.8) is 0 Å². The number of nitrogens with zero attached hydrogens (tertiary/aromatic N) is 2. The van der Waals surface area contributed by atoms with Crippen LogP contribution in [-0.4, -0.2) is 16.7 Å². The van der Waals surface area contributed by atoms with Crippen molar-refractivity contribution >= 4 is 10.9 Å². The molecule has 0 fully saturated rings. The summed E-state index contributed by atoms with van der Waals surface area (Å²) in [6.45, 7) is 9.49. The molecule has 0 spiro atoms. The summed E-state index contributed by atoms with van der Waals surface area (Å²) in [5, 5.41) is 0.418. The van der Waals surface area contributed by atoms with Crippen molar-refractivity contribution in [2.75, 3.05) is 7.11 Å². The fraction of sp³-hybridized carbons (Fsp3) is 0.333. The molecule has 5 heteroatoms. The van der Waals surface area contributed by atoms with Crippen molar-refractivity contribution in [2.24, 2.45) is 0 Å². The number of fused-ring (bicyclic) bond motifs is 1. The van der Waals surface area contributed by atoms with Gasteiger partial charge in [-0.1, -0.05) is 20.8 Å². The summed E-state index contributed by atoms with van der Waals surface area (Å²) in [7, 11) is 1.60. The van der Waals surface area contributed by atoms with Crippen molar-refractivity contribution in [1.29, 1.82) is 0 Å². The van der Waals surface area contributed by atoms with Crippen LogP contribution in [0.4, 0.5) is 4.39 Å². The number of ether oxygens (including phenoxy) is 1. The zero-order valence-corrected chi connectivity index (χ0v) is 16.2. The second kappa shape index (κ2) is 8.13. The van der Waals surface area contributed by atoms with Gasteiger partial charge in [0.2, 0.25) is 0 Å². The molecule has 1 heterocycles. The van der Waals surface area contributed by atoms with Crippen LogP contribution in [0.15, 0.2) is 35.1 Å². The van der Waals surface area contributed by atoms with Crippen LogP contribution < -0.4 is 10.3 Å². The Kier molecular flexibility index (Phi) is 6.14. The minimum Gasteiger partial charge on any atom is -0.497 e. The molecule has 0 saturated heterocycles. The number of methoxy groups -OCH3 is 1. The third-order valence-corrected chi connectivity index (χ3v) is 4.18. The van der Waals surface area contributed by atoms with Crippen LogP contribution in [0.2, 0.25) is 0 Å². The van der Waals surface area contributed by atoms with Gasteiger partial charge in [0.15, 0.2) is 0 Å².